The maximum atomic E-state index is 14.1. The average molecular weight is 430 g/mol. The number of sulfone groups is 1. The number of hydrogen-bond donors (Lipinski definition) is 1. The van der Waals surface area contributed by atoms with Crippen LogP contribution >= 0.6 is 0 Å². The lowest BCUT2D eigenvalue weighted by atomic mass is 10.1. The average Bonchev–Trinajstić information content (AvgIpc) is 2.68. The van der Waals surface area contributed by atoms with Crippen molar-refractivity contribution in [3.8, 4) is 0 Å². The van der Waals surface area contributed by atoms with E-state index in [-0.39, 0.29) is 27.6 Å². The van der Waals surface area contributed by atoms with Crippen LogP contribution in [0.4, 0.5) is 20.2 Å². The molecule has 0 fully saturated rings. The molecule has 0 saturated carbocycles. The Labute approximate surface area is 173 Å². The lowest BCUT2D eigenvalue weighted by molar-refractivity contribution is 0.102. The van der Waals surface area contributed by atoms with Gasteiger partial charge in [0.1, 0.15) is 5.69 Å². The SMILES string of the molecule is CN(C)c1c(F)cc(NC(=O)c2ccc(CS(=O)(=O)c3ccccc3)cc2)cc1F. The first-order valence-corrected chi connectivity index (χ1v) is 10.7. The van der Waals surface area contributed by atoms with E-state index in [0.29, 0.717) is 5.56 Å². The molecule has 0 bridgehead atoms. The van der Waals surface area contributed by atoms with Crippen molar-refractivity contribution in [2.24, 2.45) is 0 Å². The van der Waals surface area contributed by atoms with Gasteiger partial charge in [0.05, 0.1) is 10.6 Å². The summed E-state index contributed by atoms with van der Waals surface area (Å²) in [4.78, 5) is 13.9. The van der Waals surface area contributed by atoms with E-state index in [2.05, 4.69) is 5.32 Å². The molecule has 8 heteroatoms. The van der Waals surface area contributed by atoms with E-state index in [4.69, 9.17) is 0 Å². The maximum absolute atomic E-state index is 14.1. The van der Waals surface area contributed by atoms with E-state index in [1.54, 1.807) is 18.2 Å². The third-order valence-electron chi connectivity index (χ3n) is 4.40. The van der Waals surface area contributed by atoms with Crippen LogP contribution in [0.3, 0.4) is 0 Å². The molecule has 0 heterocycles. The van der Waals surface area contributed by atoms with Crippen molar-refractivity contribution in [1.29, 1.82) is 0 Å². The molecule has 0 aliphatic rings. The van der Waals surface area contributed by atoms with Gasteiger partial charge in [0.15, 0.2) is 21.5 Å². The standard InChI is InChI=1S/C22H20F2N2O3S/c1-26(2)21-19(23)12-17(13-20(21)24)25-22(27)16-10-8-15(9-11-16)14-30(28,29)18-6-4-3-5-7-18/h3-13H,14H2,1-2H3,(H,25,27). The predicted molar refractivity (Wildman–Crippen MR) is 112 cm³/mol. The molecule has 3 aromatic carbocycles. The van der Waals surface area contributed by atoms with Gasteiger partial charge in [-0.15, -0.1) is 0 Å². The lowest BCUT2D eigenvalue weighted by Gasteiger charge is -2.16. The second-order valence-electron chi connectivity index (χ2n) is 6.91. The van der Waals surface area contributed by atoms with Crippen LogP contribution in [-0.2, 0) is 15.6 Å². The van der Waals surface area contributed by atoms with E-state index in [9.17, 15) is 22.0 Å². The summed E-state index contributed by atoms with van der Waals surface area (Å²) in [6, 6.07) is 16.2. The number of halogens is 2. The van der Waals surface area contributed by atoms with Crippen molar-refractivity contribution < 1.29 is 22.0 Å². The minimum absolute atomic E-state index is 0.0173. The Bertz CT molecular complexity index is 1140. The summed E-state index contributed by atoms with van der Waals surface area (Å²) in [5.41, 5.74) is 0.532. The van der Waals surface area contributed by atoms with Crippen molar-refractivity contribution in [1.82, 2.24) is 0 Å². The zero-order valence-electron chi connectivity index (χ0n) is 16.4. The second-order valence-corrected chi connectivity index (χ2v) is 8.90. The lowest BCUT2D eigenvalue weighted by Crippen LogP contribution is -2.15. The van der Waals surface area contributed by atoms with Crippen LogP contribution in [0.25, 0.3) is 0 Å². The minimum Gasteiger partial charge on any atom is -0.373 e. The summed E-state index contributed by atoms with van der Waals surface area (Å²) >= 11 is 0. The zero-order valence-corrected chi connectivity index (χ0v) is 17.2. The van der Waals surface area contributed by atoms with Crippen LogP contribution in [0, 0.1) is 11.6 Å². The largest absolute Gasteiger partial charge is 0.373 e. The molecule has 0 spiro atoms. The highest BCUT2D eigenvalue weighted by atomic mass is 32.2. The first-order chi connectivity index (χ1) is 14.2. The van der Waals surface area contributed by atoms with Gasteiger partial charge in [0.2, 0.25) is 0 Å². The van der Waals surface area contributed by atoms with Crippen molar-refractivity contribution >= 4 is 27.1 Å². The van der Waals surface area contributed by atoms with E-state index < -0.39 is 27.4 Å². The third-order valence-corrected chi connectivity index (χ3v) is 6.10. The number of nitrogens with zero attached hydrogens (tertiary/aromatic N) is 1. The number of anilines is 2. The smallest absolute Gasteiger partial charge is 0.255 e. The predicted octanol–water partition coefficient (Wildman–Crippen LogP) is 4.26. The first-order valence-electron chi connectivity index (χ1n) is 9.02. The van der Waals surface area contributed by atoms with Gasteiger partial charge in [-0.1, -0.05) is 30.3 Å². The van der Waals surface area contributed by atoms with Gasteiger partial charge in [-0.25, -0.2) is 17.2 Å². The molecular weight excluding hydrogens is 410 g/mol. The normalized spacial score (nSPS) is 11.2. The quantitative estimate of drug-likeness (QED) is 0.635. The molecule has 0 aliphatic carbocycles. The number of carbonyl (C=O) groups is 1. The molecule has 30 heavy (non-hydrogen) atoms. The zero-order chi connectivity index (χ0) is 21.9. The number of rotatable bonds is 6. The molecule has 0 radical (unpaired) electrons. The number of amides is 1. The summed E-state index contributed by atoms with van der Waals surface area (Å²) in [5.74, 6) is -2.36. The van der Waals surface area contributed by atoms with Gasteiger partial charge in [-0.2, -0.15) is 0 Å². The van der Waals surface area contributed by atoms with Gasteiger partial charge >= 0.3 is 0 Å². The van der Waals surface area contributed by atoms with Crippen LogP contribution in [0.15, 0.2) is 71.6 Å². The maximum Gasteiger partial charge on any atom is 0.255 e. The Morgan fingerprint density at radius 2 is 1.50 bits per heavy atom. The summed E-state index contributed by atoms with van der Waals surface area (Å²) in [5, 5.41) is 2.44. The van der Waals surface area contributed by atoms with Crippen molar-refractivity contribution in [2.45, 2.75) is 10.6 Å². The van der Waals surface area contributed by atoms with Crippen LogP contribution in [0.1, 0.15) is 15.9 Å². The Kier molecular flexibility index (Phi) is 6.17. The highest BCUT2D eigenvalue weighted by Crippen LogP contribution is 2.26. The topological polar surface area (TPSA) is 66.5 Å². The molecule has 1 N–H and O–H groups in total. The van der Waals surface area contributed by atoms with Crippen molar-refractivity contribution in [3.63, 3.8) is 0 Å². The van der Waals surface area contributed by atoms with E-state index >= 15 is 0 Å². The molecule has 1 amide bonds. The number of hydrogen-bond acceptors (Lipinski definition) is 4. The van der Waals surface area contributed by atoms with Gasteiger partial charge in [-0.3, -0.25) is 4.79 Å². The third kappa shape index (κ3) is 4.83. The monoisotopic (exact) mass is 430 g/mol. The van der Waals surface area contributed by atoms with E-state index in [1.165, 1.54) is 55.4 Å². The number of benzene rings is 3. The molecule has 0 saturated heterocycles. The van der Waals surface area contributed by atoms with Crippen LogP contribution in [-0.4, -0.2) is 28.4 Å². The van der Waals surface area contributed by atoms with Crippen molar-refractivity contribution in [2.75, 3.05) is 24.3 Å². The second kappa shape index (κ2) is 8.62. The van der Waals surface area contributed by atoms with Crippen LogP contribution in [0.5, 0.6) is 0 Å². The van der Waals surface area contributed by atoms with Gasteiger partial charge in [0, 0.05) is 25.3 Å². The Balaban J connectivity index is 1.73. The van der Waals surface area contributed by atoms with Gasteiger partial charge < -0.3 is 10.2 Å². The molecular formula is C22H20F2N2O3S. The first kappa shape index (κ1) is 21.4. The van der Waals surface area contributed by atoms with Crippen LogP contribution in [0.2, 0.25) is 0 Å². The Hall–Kier alpha value is -3.26. The molecule has 3 aromatic rings. The molecule has 0 aromatic heterocycles. The molecule has 0 atom stereocenters. The summed E-state index contributed by atoms with van der Waals surface area (Å²) in [6.07, 6.45) is 0. The molecule has 3 rings (SSSR count). The highest BCUT2D eigenvalue weighted by molar-refractivity contribution is 7.90. The van der Waals surface area contributed by atoms with Gasteiger partial charge in [-0.05, 0) is 42.0 Å². The Morgan fingerprint density at radius 3 is 2.03 bits per heavy atom. The van der Waals surface area contributed by atoms with Crippen molar-refractivity contribution in [3.05, 3.63) is 89.5 Å². The number of nitrogens with one attached hydrogen (secondary N) is 1. The number of carbonyl (C=O) groups excluding carboxylic acids is 1. The minimum atomic E-state index is -3.50. The van der Waals surface area contributed by atoms with E-state index in [0.717, 1.165) is 12.1 Å². The summed E-state index contributed by atoms with van der Waals surface area (Å²) < 4.78 is 53.0. The summed E-state index contributed by atoms with van der Waals surface area (Å²) in [7, 11) is -0.477. The molecule has 0 unspecified atom stereocenters. The Morgan fingerprint density at radius 1 is 0.933 bits per heavy atom. The summed E-state index contributed by atoms with van der Waals surface area (Å²) in [6.45, 7) is 0. The highest BCUT2D eigenvalue weighted by Gasteiger charge is 2.17. The molecule has 0 aliphatic heterocycles. The fourth-order valence-corrected chi connectivity index (χ4v) is 4.32. The molecule has 5 nitrogen and oxygen atoms in total. The fraction of sp³-hybridized carbons (Fsp3) is 0.136. The van der Waals surface area contributed by atoms with Crippen LogP contribution < -0.4 is 10.2 Å². The van der Waals surface area contributed by atoms with Gasteiger partial charge in [0.25, 0.3) is 5.91 Å². The van der Waals surface area contributed by atoms with E-state index in [1.807, 2.05) is 0 Å². The fourth-order valence-electron chi connectivity index (χ4n) is 2.95. The molecule has 156 valence electrons.